The summed E-state index contributed by atoms with van der Waals surface area (Å²) in [6.07, 6.45) is 2.26. The molecule has 1 rings (SSSR count). The summed E-state index contributed by atoms with van der Waals surface area (Å²) in [5.41, 5.74) is 0.553. The molecule has 0 saturated heterocycles. The standard InChI is InChI=1S/C13H21N3O2/c1-10(6-7-17)8-15-13(18)11-4-5-12(14-9-11)16(2)3/h4-5,9-10,17H,6-8H2,1-3H3,(H,15,18). The molecule has 100 valence electrons. The summed E-state index contributed by atoms with van der Waals surface area (Å²) >= 11 is 0. The second-order valence-corrected chi connectivity index (χ2v) is 4.63. The van der Waals surface area contributed by atoms with Gasteiger partial charge in [0.05, 0.1) is 5.56 Å². The Morgan fingerprint density at radius 3 is 2.72 bits per heavy atom. The number of hydrogen-bond donors (Lipinski definition) is 2. The number of nitrogens with one attached hydrogen (secondary N) is 1. The van der Waals surface area contributed by atoms with Gasteiger partial charge in [0.1, 0.15) is 5.82 Å². The minimum absolute atomic E-state index is 0.127. The van der Waals surface area contributed by atoms with Gasteiger partial charge in [0.25, 0.3) is 5.91 Å². The highest BCUT2D eigenvalue weighted by molar-refractivity contribution is 5.94. The molecule has 5 heteroatoms. The molecule has 0 fully saturated rings. The number of amides is 1. The molecule has 2 N–H and O–H groups in total. The lowest BCUT2D eigenvalue weighted by Crippen LogP contribution is -2.28. The second kappa shape index (κ2) is 6.96. The molecule has 1 aromatic rings. The lowest BCUT2D eigenvalue weighted by Gasteiger charge is -2.13. The van der Waals surface area contributed by atoms with Gasteiger partial charge in [-0.3, -0.25) is 4.79 Å². The van der Waals surface area contributed by atoms with Gasteiger partial charge in [-0.2, -0.15) is 0 Å². The van der Waals surface area contributed by atoms with E-state index in [4.69, 9.17) is 5.11 Å². The van der Waals surface area contributed by atoms with Crippen molar-refractivity contribution in [2.75, 3.05) is 32.1 Å². The average Bonchev–Trinajstić information content (AvgIpc) is 2.36. The van der Waals surface area contributed by atoms with Gasteiger partial charge < -0.3 is 15.3 Å². The SMILES string of the molecule is CC(CCO)CNC(=O)c1ccc(N(C)C)nc1. The van der Waals surface area contributed by atoms with Gasteiger partial charge in [0.15, 0.2) is 0 Å². The van der Waals surface area contributed by atoms with Crippen LogP contribution in [-0.2, 0) is 0 Å². The van der Waals surface area contributed by atoms with Crippen LogP contribution >= 0.6 is 0 Å². The molecule has 5 nitrogen and oxygen atoms in total. The summed E-state index contributed by atoms with van der Waals surface area (Å²) in [6.45, 7) is 2.70. The van der Waals surface area contributed by atoms with Crippen molar-refractivity contribution >= 4 is 11.7 Å². The molecule has 1 heterocycles. The van der Waals surface area contributed by atoms with E-state index in [1.807, 2.05) is 32.0 Å². The van der Waals surface area contributed by atoms with Crippen LogP contribution < -0.4 is 10.2 Å². The van der Waals surface area contributed by atoms with Gasteiger partial charge in [-0.15, -0.1) is 0 Å². The highest BCUT2D eigenvalue weighted by Crippen LogP contribution is 2.08. The van der Waals surface area contributed by atoms with Crippen LogP contribution in [0.1, 0.15) is 23.7 Å². The predicted molar refractivity (Wildman–Crippen MR) is 71.8 cm³/mol. The Bertz CT molecular complexity index is 376. The van der Waals surface area contributed by atoms with Crippen LogP contribution in [0, 0.1) is 5.92 Å². The number of rotatable bonds is 6. The fourth-order valence-electron chi connectivity index (χ4n) is 1.48. The van der Waals surface area contributed by atoms with E-state index in [2.05, 4.69) is 10.3 Å². The van der Waals surface area contributed by atoms with Crippen LogP contribution in [0.15, 0.2) is 18.3 Å². The minimum Gasteiger partial charge on any atom is -0.396 e. The number of pyridine rings is 1. The molecule has 0 radical (unpaired) electrons. The van der Waals surface area contributed by atoms with E-state index in [-0.39, 0.29) is 18.4 Å². The number of anilines is 1. The van der Waals surface area contributed by atoms with Crippen molar-refractivity contribution in [3.05, 3.63) is 23.9 Å². The van der Waals surface area contributed by atoms with Crippen LogP contribution in [0.5, 0.6) is 0 Å². The molecule has 0 bridgehead atoms. The fraction of sp³-hybridized carbons (Fsp3) is 0.538. The topological polar surface area (TPSA) is 65.5 Å². The van der Waals surface area contributed by atoms with E-state index >= 15 is 0 Å². The molecule has 18 heavy (non-hydrogen) atoms. The Kier molecular flexibility index (Phi) is 5.58. The third-order valence-corrected chi connectivity index (χ3v) is 2.70. The fourth-order valence-corrected chi connectivity index (χ4v) is 1.48. The maximum Gasteiger partial charge on any atom is 0.252 e. The molecule has 0 aliphatic rings. The Hall–Kier alpha value is -1.62. The van der Waals surface area contributed by atoms with Gasteiger partial charge in [0, 0.05) is 33.4 Å². The largest absolute Gasteiger partial charge is 0.396 e. The van der Waals surface area contributed by atoms with Gasteiger partial charge in [-0.25, -0.2) is 4.98 Å². The molecule has 1 atom stereocenters. The summed E-state index contributed by atoms with van der Waals surface area (Å²) in [6, 6.07) is 3.57. The summed E-state index contributed by atoms with van der Waals surface area (Å²) in [5.74, 6) is 0.964. The van der Waals surface area contributed by atoms with Crippen LogP contribution in [0.3, 0.4) is 0 Å². The first kappa shape index (κ1) is 14.4. The van der Waals surface area contributed by atoms with Crippen molar-refractivity contribution in [2.24, 2.45) is 5.92 Å². The molecule has 0 aromatic carbocycles. The van der Waals surface area contributed by atoms with Crippen LogP contribution in [-0.4, -0.2) is 43.2 Å². The number of carbonyl (C=O) groups excluding carboxylic acids is 1. The normalized spacial score (nSPS) is 12.0. The van der Waals surface area contributed by atoms with Gasteiger partial charge >= 0.3 is 0 Å². The third-order valence-electron chi connectivity index (χ3n) is 2.70. The van der Waals surface area contributed by atoms with Gasteiger partial charge in [-0.1, -0.05) is 6.92 Å². The van der Waals surface area contributed by atoms with Crippen molar-refractivity contribution in [3.8, 4) is 0 Å². The number of aliphatic hydroxyl groups is 1. The average molecular weight is 251 g/mol. The van der Waals surface area contributed by atoms with Crippen molar-refractivity contribution in [2.45, 2.75) is 13.3 Å². The smallest absolute Gasteiger partial charge is 0.252 e. The second-order valence-electron chi connectivity index (χ2n) is 4.63. The lowest BCUT2D eigenvalue weighted by molar-refractivity contribution is 0.0945. The van der Waals surface area contributed by atoms with E-state index in [9.17, 15) is 4.79 Å². The first-order valence-corrected chi connectivity index (χ1v) is 6.07. The summed E-state index contributed by atoms with van der Waals surface area (Å²) < 4.78 is 0. The minimum atomic E-state index is -0.127. The van der Waals surface area contributed by atoms with E-state index in [1.54, 1.807) is 12.3 Å². The zero-order valence-electron chi connectivity index (χ0n) is 11.2. The number of aliphatic hydroxyl groups excluding tert-OH is 1. The lowest BCUT2D eigenvalue weighted by atomic mass is 10.1. The summed E-state index contributed by atoms with van der Waals surface area (Å²) in [7, 11) is 3.80. The van der Waals surface area contributed by atoms with Crippen molar-refractivity contribution in [1.29, 1.82) is 0 Å². The Labute approximate surface area is 108 Å². The molecule has 0 aliphatic heterocycles. The molecule has 0 aliphatic carbocycles. The Balaban J connectivity index is 2.51. The first-order valence-electron chi connectivity index (χ1n) is 6.07. The molecule has 1 unspecified atom stereocenters. The zero-order valence-corrected chi connectivity index (χ0v) is 11.2. The molecule has 1 amide bonds. The van der Waals surface area contributed by atoms with E-state index in [1.165, 1.54) is 0 Å². The van der Waals surface area contributed by atoms with Gasteiger partial charge in [0.2, 0.25) is 0 Å². The molecular weight excluding hydrogens is 230 g/mol. The Morgan fingerprint density at radius 2 is 2.22 bits per heavy atom. The van der Waals surface area contributed by atoms with E-state index < -0.39 is 0 Å². The van der Waals surface area contributed by atoms with Crippen molar-refractivity contribution in [1.82, 2.24) is 10.3 Å². The number of nitrogens with zero attached hydrogens (tertiary/aromatic N) is 2. The molecule has 1 aromatic heterocycles. The highest BCUT2D eigenvalue weighted by Gasteiger charge is 2.08. The zero-order chi connectivity index (χ0) is 13.5. The van der Waals surface area contributed by atoms with Crippen molar-refractivity contribution in [3.63, 3.8) is 0 Å². The Morgan fingerprint density at radius 1 is 1.50 bits per heavy atom. The quantitative estimate of drug-likeness (QED) is 0.788. The van der Waals surface area contributed by atoms with Gasteiger partial charge in [-0.05, 0) is 24.5 Å². The monoisotopic (exact) mass is 251 g/mol. The van der Waals surface area contributed by atoms with E-state index in [0.29, 0.717) is 18.5 Å². The molecule has 0 saturated carbocycles. The summed E-state index contributed by atoms with van der Waals surface area (Å²) in [5, 5.41) is 11.6. The molecular formula is C13H21N3O2. The maximum atomic E-state index is 11.8. The van der Waals surface area contributed by atoms with Crippen LogP contribution in [0.4, 0.5) is 5.82 Å². The number of aromatic nitrogens is 1. The van der Waals surface area contributed by atoms with E-state index in [0.717, 1.165) is 5.82 Å². The van der Waals surface area contributed by atoms with Crippen molar-refractivity contribution < 1.29 is 9.90 Å². The summed E-state index contributed by atoms with van der Waals surface area (Å²) in [4.78, 5) is 17.9. The first-order chi connectivity index (χ1) is 8.54. The van der Waals surface area contributed by atoms with Crippen LogP contribution in [0.25, 0.3) is 0 Å². The number of hydrogen-bond acceptors (Lipinski definition) is 4. The predicted octanol–water partition coefficient (Wildman–Crippen LogP) is 0.896. The van der Waals surface area contributed by atoms with Crippen LogP contribution in [0.2, 0.25) is 0 Å². The molecule has 0 spiro atoms. The highest BCUT2D eigenvalue weighted by atomic mass is 16.3. The number of carbonyl (C=O) groups is 1. The third kappa shape index (κ3) is 4.33. The maximum absolute atomic E-state index is 11.8.